The van der Waals surface area contributed by atoms with E-state index < -0.39 is 0 Å². The van der Waals surface area contributed by atoms with Crippen LogP contribution in [0.4, 0.5) is 0 Å². The van der Waals surface area contributed by atoms with Crippen molar-refractivity contribution in [2.75, 3.05) is 44.3 Å². The molecule has 2 saturated heterocycles. The molecule has 0 unspecified atom stereocenters. The summed E-state index contributed by atoms with van der Waals surface area (Å²) in [6.45, 7) is 5.60. The number of pyridine rings is 1. The number of aromatic nitrogens is 1. The Labute approximate surface area is 177 Å². The number of hydrogen-bond acceptors (Lipinski definition) is 5. The first-order valence-corrected chi connectivity index (χ1v) is 11.6. The van der Waals surface area contributed by atoms with Gasteiger partial charge in [-0.25, -0.2) is 0 Å². The SMILES string of the molecule is O=C(c1cccnc1)N1CCC[C@H](COc2ccc(CN3CCSCC3)cc2)C1. The average Bonchev–Trinajstić information content (AvgIpc) is 2.80. The minimum atomic E-state index is 0.0725. The highest BCUT2D eigenvalue weighted by Gasteiger charge is 2.25. The van der Waals surface area contributed by atoms with E-state index >= 15 is 0 Å². The summed E-state index contributed by atoms with van der Waals surface area (Å²) in [5.41, 5.74) is 2.01. The van der Waals surface area contributed by atoms with Crippen LogP contribution >= 0.6 is 11.8 Å². The van der Waals surface area contributed by atoms with E-state index in [-0.39, 0.29) is 5.91 Å². The van der Waals surface area contributed by atoms with Crippen LogP contribution in [-0.2, 0) is 6.54 Å². The summed E-state index contributed by atoms with van der Waals surface area (Å²) in [5, 5.41) is 0. The van der Waals surface area contributed by atoms with E-state index in [1.165, 1.54) is 30.2 Å². The Morgan fingerprint density at radius 1 is 1.14 bits per heavy atom. The maximum Gasteiger partial charge on any atom is 0.255 e. The molecule has 29 heavy (non-hydrogen) atoms. The molecule has 1 amide bonds. The number of piperidine rings is 1. The third kappa shape index (κ3) is 5.73. The number of ether oxygens (including phenoxy) is 1. The van der Waals surface area contributed by atoms with Crippen molar-refractivity contribution in [1.29, 1.82) is 0 Å². The quantitative estimate of drug-likeness (QED) is 0.727. The fraction of sp³-hybridized carbons (Fsp3) is 0.478. The number of benzene rings is 1. The van der Waals surface area contributed by atoms with Gasteiger partial charge in [0.05, 0.1) is 12.2 Å². The summed E-state index contributed by atoms with van der Waals surface area (Å²) in [6.07, 6.45) is 5.46. The maximum atomic E-state index is 12.7. The Balaban J connectivity index is 1.25. The van der Waals surface area contributed by atoms with Gasteiger partial charge in [-0.05, 0) is 42.7 Å². The van der Waals surface area contributed by atoms with E-state index in [1.807, 2.05) is 28.8 Å². The molecule has 0 radical (unpaired) electrons. The summed E-state index contributed by atoms with van der Waals surface area (Å²) in [4.78, 5) is 21.2. The second-order valence-electron chi connectivity index (χ2n) is 7.84. The number of likely N-dealkylation sites (tertiary alicyclic amines) is 1. The molecule has 0 N–H and O–H groups in total. The smallest absolute Gasteiger partial charge is 0.255 e. The number of hydrogen-bond donors (Lipinski definition) is 0. The molecule has 154 valence electrons. The van der Waals surface area contributed by atoms with Crippen LogP contribution in [0, 0.1) is 5.92 Å². The van der Waals surface area contributed by atoms with Gasteiger partial charge in [-0.15, -0.1) is 0 Å². The highest BCUT2D eigenvalue weighted by Crippen LogP contribution is 2.21. The molecule has 3 heterocycles. The normalized spacial score (nSPS) is 20.4. The van der Waals surface area contributed by atoms with Crippen molar-refractivity contribution in [3.63, 3.8) is 0 Å². The van der Waals surface area contributed by atoms with Gasteiger partial charge >= 0.3 is 0 Å². The number of carbonyl (C=O) groups excluding carboxylic acids is 1. The number of carbonyl (C=O) groups is 1. The van der Waals surface area contributed by atoms with E-state index in [4.69, 9.17) is 4.74 Å². The minimum absolute atomic E-state index is 0.0725. The topological polar surface area (TPSA) is 45.7 Å². The lowest BCUT2D eigenvalue weighted by Crippen LogP contribution is -2.41. The lowest BCUT2D eigenvalue weighted by Gasteiger charge is -2.32. The third-order valence-corrected chi connectivity index (χ3v) is 6.58. The van der Waals surface area contributed by atoms with Crippen molar-refractivity contribution >= 4 is 17.7 Å². The summed E-state index contributed by atoms with van der Waals surface area (Å²) < 4.78 is 6.06. The highest BCUT2D eigenvalue weighted by molar-refractivity contribution is 7.99. The Hall–Kier alpha value is -2.05. The number of rotatable bonds is 6. The molecule has 0 spiro atoms. The van der Waals surface area contributed by atoms with Crippen LogP contribution in [0.3, 0.4) is 0 Å². The van der Waals surface area contributed by atoms with Crippen LogP contribution in [0.1, 0.15) is 28.8 Å². The highest BCUT2D eigenvalue weighted by atomic mass is 32.2. The Morgan fingerprint density at radius 2 is 1.97 bits per heavy atom. The zero-order chi connectivity index (χ0) is 19.9. The molecular weight excluding hydrogens is 382 g/mol. The van der Waals surface area contributed by atoms with Gasteiger partial charge in [-0.2, -0.15) is 11.8 Å². The monoisotopic (exact) mass is 411 g/mol. The van der Waals surface area contributed by atoms with E-state index in [1.54, 1.807) is 12.4 Å². The van der Waals surface area contributed by atoms with Crippen LogP contribution in [0.5, 0.6) is 5.75 Å². The zero-order valence-corrected chi connectivity index (χ0v) is 17.7. The maximum absolute atomic E-state index is 12.7. The van der Waals surface area contributed by atoms with Crippen LogP contribution in [0.25, 0.3) is 0 Å². The van der Waals surface area contributed by atoms with Crippen molar-refractivity contribution in [3.8, 4) is 5.75 Å². The molecule has 5 nitrogen and oxygen atoms in total. The van der Waals surface area contributed by atoms with Gasteiger partial charge in [0.25, 0.3) is 5.91 Å². The molecule has 0 saturated carbocycles. The fourth-order valence-electron chi connectivity index (χ4n) is 3.98. The summed E-state index contributed by atoms with van der Waals surface area (Å²) in [7, 11) is 0. The van der Waals surface area contributed by atoms with Crippen molar-refractivity contribution in [3.05, 3.63) is 59.9 Å². The first-order valence-electron chi connectivity index (χ1n) is 10.5. The average molecular weight is 412 g/mol. The Morgan fingerprint density at radius 3 is 2.72 bits per heavy atom. The molecule has 0 bridgehead atoms. The van der Waals surface area contributed by atoms with Gasteiger partial charge in [0.2, 0.25) is 0 Å². The van der Waals surface area contributed by atoms with Crippen molar-refractivity contribution in [2.45, 2.75) is 19.4 Å². The first-order chi connectivity index (χ1) is 14.3. The van der Waals surface area contributed by atoms with Crippen molar-refractivity contribution < 1.29 is 9.53 Å². The van der Waals surface area contributed by atoms with Gasteiger partial charge in [-0.3, -0.25) is 14.7 Å². The number of nitrogens with zero attached hydrogens (tertiary/aromatic N) is 3. The van der Waals surface area contributed by atoms with E-state index in [0.717, 1.165) is 38.2 Å². The predicted molar refractivity (Wildman–Crippen MR) is 117 cm³/mol. The molecule has 4 rings (SSSR count). The zero-order valence-electron chi connectivity index (χ0n) is 16.8. The second kappa shape index (κ2) is 10.1. The molecule has 1 aromatic heterocycles. The standard InChI is InChI=1S/C23H29N3O2S/c27-23(21-4-1-9-24-15-21)26-10-2-3-20(17-26)18-28-22-7-5-19(6-8-22)16-25-11-13-29-14-12-25/h1,4-9,15,20H,2-3,10-14,16-18H2/t20-/m0/s1. The fourth-order valence-corrected chi connectivity index (χ4v) is 4.96. The molecule has 1 atom stereocenters. The number of amides is 1. The Bertz CT molecular complexity index is 778. The lowest BCUT2D eigenvalue weighted by molar-refractivity contribution is 0.0633. The number of thioether (sulfide) groups is 1. The largest absolute Gasteiger partial charge is 0.493 e. The lowest BCUT2D eigenvalue weighted by atomic mass is 9.98. The molecule has 2 aromatic rings. The molecule has 1 aromatic carbocycles. The van der Waals surface area contributed by atoms with E-state index in [9.17, 15) is 4.79 Å². The van der Waals surface area contributed by atoms with Gasteiger partial charge in [-0.1, -0.05) is 12.1 Å². The molecule has 2 fully saturated rings. The molecule has 6 heteroatoms. The van der Waals surface area contributed by atoms with Crippen LogP contribution in [0.15, 0.2) is 48.8 Å². The summed E-state index contributed by atoms with van der Waals surface area (Å²) >= 11 is 2.04. The van der Waals surface area contributed by atoms with Gasteiger partial charge in [0, 0.05) is 62.5 Å². The van der Waals surface area contributed by atoms with E-state index in [0.29, 0.717) is 18.1 Å². The van der Waals surface area contributed by atoms with Crippen molar-refractivity contribution in [1.82, 2.24) is 14.8 Å². The van der Waals surface area contributed by atoms with E-state index in [2.05, 4.69) is 34.1 Å². The minimum Gasteiger partial charge on any atom is -0.493 e. The molecule has 2 aliphatic heterocycles. The van der Waals surface area contributed by atoms with Crippen LogP contribution in [0.2, 0.25) is 0 Å². The second-order valence-corrected chi connectivity index (χ2v) is 9.07. The predicted octanol–water partition coefficient (Wildman–Crippen LogP) is 3.56. The molecular formula is C23H29N3O2S. The summed E-state index contributed by atoms with van der Waals surface area (Å²) in [6, 6.07) is 12.2. The molecule has 2 aliphatic rings. The third-order valence-electron chi connectivity index (χ3n) is 5.63. The first kappa shape index (κ1) is 20.2. The molecule has 0 aliphatic carbocycles. The van der Waals surface area contributed by atoms with Gasteiger partial charge in [0.15, 0.2) is 0 Å². The van der Waals surface area contributed by atoms with Gasteiger partial charge in [0.1, 0.15) is 5.75 Å². The summed E-state index contributed by atoms with van der Waals surface area (Å²) in [5.74, 6) is 3.84. The van der Waals surface area contributed by atoms with Gasteiger partial charge < -0.3 is 9.64 Å². The Kier molecular flexibility index (Phi) is 7.06. The van der Waals surface area contributed by atoms with Crippen molar-refractivity contribution in [2.24, 2.45) is 5.92 Å². The van der Waals surface area contributed by atoms with Crippen LogP contribution in [-0.4, -0.2) is 65.0 Å². The van der Waals surface area contributed by atoms with Crippen LogP contribution < -0.4 is 4.74 Å².